The minimum Gasteiger partial charge on any atom is -0.397 e. The number of rotatable bonds is 5. The van der Waals surface area contributed by atoms with Crippen molar-refractivity contribution in [3.63, 3.8) is 0 Å². The van der Waals surface area contributed by atoms with Crippen LogP contribution in [0.2, 0.25) is 0 Å². The van der Waals surface area contributed by atoms with Crippen LogP contribution in [0.5, 0.6) is 0 Å². The summed E-state index contributed by atoms with van der Waals surface area (Å²) in [6.45, 7) is 3.96. The van der Waals surface area contributed by atoms with Gasteiger partial charge in [-0.2, -0.15) is 0 Å². The number of nitrogen functional groups attached to an aromatic ring is 1. The number of aliphatic hydroxyl groups is 1. The summed E-state index contributed by atoms with van der Waals surface area (Å²) < 4.78 is 0. The van der Waals surface area contributed by atoms with E-state index in [0.29, 0.717) is 17.0 Å². The highest BCUT2D eigenvalue weighted by atomic mass is 32.1. The van der Waals surface area contributed by atoms with Crippen molar-refractivity contribution in [3.05, 3.63) is 22.7 Å². The van der Waals surface area contributed by atoms with E-state index in [1.807, 2.05) is 26.0 Å². The van der Waals surface area contributed by atoms with Gasteiger partial charge in [0.2, 0.25) is 0 Å². The Morgan fingerprint density at radius 1 is 1.55 bits per heavy atom. The van der Waals surface area contributed by atoms with Crippen LogP contribution in [0.1, 0.15) is 35.1 Å². The number of hydrogen-bond acceptors (Lipinski definition) is 5. The zero-order chi connectivity index (χ0) is 14.7. The SMILES string of the molecule is Cc1ccc2c(N)c(C(=O)NC(C)CCCO)sc2n1. The van der Waals surface area contributed by atoms with Gasteiger partial charge in [0.25, 0.3) is 5.91 Å². The quantitative estimate of drug-likeness (QED) is 0.787. The summed E-state index contributed by atoms with van der Waals surface area (Å²) in [7, 11) is 0. The Morgan fingerprint density at radius 3 is 3.00 bits per heavy atom. The molecule has 1 amide bonds. The largest absolute Gasteiger partial charge is 0.397 e. The van der Waals surface area contributed by atoms with E-state index in [0.717, 1.165) is 22.3 Å². The van der Waals surface area contributed by atoms with Crippen LogP contribution in [0.4, 0.5) is 5.69 Å². The molecule has 0 bridgehead atoms. The van der Waals surface area contributed by atoms with Gasteiger partial charge >= 0.3 is 0 Å². The van der Waals surface area contributed by atoms with Crippen molar-refractivity contribution in [2.75, 3.05) is 12.3 Å². The molecule has 0 aliphatic carbocycles. The van der Waals surface area contributed by atoms with Crippen LogP contribution in [0.15, 0.2) is 12.1 Å². The third kappa shape index (κ3) is 3.08. The van der Waals surface area contributed by atoms with Crippen LogP contribution in [-0.2, 0) is 0 Å². The molecule has 5 nitrogen and oxygen atoms in total. The minimum atomic E-state index is -0.173. The molecule has 0 radical (unpaired) electrons. The van der Waals surface area contributed by atoms with Gasteiger partial charge in [0.05, 0.1) is 5.69 Å². The number of nitrogens with zero attached hydrogens (tertiary/aromatic N) is 1. The Balaban J connectivity index is 2.20. The standard InChI is InChI=1S/C14H19N3O2S/c1-8(4-3-7-18)16-13(19)12-11(15)10-6-5-9(2)17-14(10)20-12/h5-6,8,18H,3-4,7,15H2,1-2H3,(H,16,19). The van der Waals surface area contributed by atoms with Crippen LogP contribution in [0, 0.1) is 6.92 Å². The molecule has 2 heterocycles. The number of fused-ring (bicyclic) bond motifs is 1. The average molecular weight is 293 g/mol. The van der Waals surface area contributed by atoms with Crippen molar-refractivity contribution >= 4 is 33.1 Å². The Bertz CT molecular complexity index is 624. The normalized spacial score (nSPS) is 12.6. The van der Waals surface area contributed by atoms with Crippen LogP contribution in [0.25, 0.3) is 10.2 Å². The zero-order valence-electron chi connectivity index (χ0n) is 11.6. The third-order valence-electron chi connectivity index (χ3n) is 3.11. The van der Waals surface area contributed by atoms with Gasteiger partial charge in [0.15, 0.2) is 0 Å². The number of carbonyl (C=O) groups is 1. The van der Waals surface area contributed by atoms with Crippen molar-refractivity contribution in [1.29, 1.82) is 0 Å². The number of thiophene rings is 1. The second-order valence-corrected chi connectivity index (χ2v) is 5.89. The van der Waals surface area contributed by atoms with E-state index in [4.69, 9.17) is 10.8 Å². The number of aliphatic hydroxyl groups excluding tert-OH is 1. The molecule has 1 atom stereocenters. The molecule has 0 fully saturated rings. The van der Waals surface area contributed by atoms with Gasteiger partial charge in [-0.15, -0.1) is 11.3 Å². The number of aryl methyl sites for hydroxylation is 1. The molecule has 20 heavy (non-hydrogen) atoms. The first-order valence-electron chi connectivity index (χ1n) is 6.60. The van der Waals surface area contributed by atoms with Crippen LogP contribution in [-0.4, -0.2) is 28.6 Å². The summed E-state index contributed by atoms with van der Waals surface area (Å²) in [6.07, 6.45) is 1.41. The second-order valence-electron chi connectivity index (χ2n) is 4.89. The first-order valence-corrected chi connectivity index (χ1v) is 7.42. The lowest BCUT2D eigenvalue weighted by molar-refractivity contribution is 0.0941. The van der Waals surface area contributed by atoms with Crippen molar-refractivity contribution in [1.82, 2.24) is 10.3 Å². The van der Waals surface area contributed by atoms with E-state index in [1.54, 1.807) is 0 Å². The number of nitrogens with two attached hydrogens (primary N) is 1. The molecule has 2 rings (SSSR count). The summed E-state index contributed by atoms with van der Waals surface area (Å²) in [5.74, 6) is -0.173. The van der Waals surface area contributed by atoms with Gasteiger partial charge in [-0.1, -0.05) is 0 Å². The predicted octanol–water partition coefficient (Wildman–Crippen LogP) is 2.08. The molecule has 0 aliphatic heterocycles. The maximum absolute atomic E-state index is 12.2. The van der Waals surface area contributed by atoms with Crippen molar-refractivity contribution < 1.29 is 9.90 Å². The van der Waals surface area contributed by atoms with Crippen molar-refractivity contribution in [3.8, 4) is 0 Å². The van der Waals surface area contributed by atoms with E-state index in [1.165, 1.54) is 11.3 Å². The van der Waals surface area contributed by atoms with Gasteiger partial charge in [-0.05, 0) is 38.8 Å². The lowest BCUT2D eigenvalue weighted by atomic mass is 10.2. The highest BCUT2D eigenvalue weighted by Crippen LogP contribution is 2.32. The number of hydrogen-bond donors (Lipinski definition) is 3. The molecule has 2 aromatic rings. The fraction of sp³-hybridized carbons (Fsp3) is 0.429. The highest BCUT2D eigenvalue weighted by Gasteiger charge is 2.18. The monoisotopic (exact) mass is 293 g/mol. The van der Waals surface area contributed by atoms with E-state index in [9.17, 15) is 4.79 Å². The predicted molar refractivity (Wildman–Crippen MR) is 82.0 cm³/mol. The van der Waals surface area contributed by atoms with Crippen LogP contribution in [0.3, 0.4) is 0 Å². The van der Waals surface area contributed by atoms with Gasteiger partial charge in [-0.25, -0.2) is 4.98 Å². The van der Waals surface area contributed by atoms with Gasteiger partial charge in [-0.3, -0.25) is 4.79 Å². The molecule has 0 saturated carbocycles. The van der Waals surface area contributed by atoms with E-state index in [2.05, 4.69) is 10.3 Å². The first-order chi connectivity index (χ1) is 9.52. The summed E-state index contributed by atoms with van der Waals surface area (Å²) in [5, 5.41) is 12.5. The average Bonchev–Trinajstić information content (AvgIpc) is 2.73. The molecule has 108 valence electrons. The summed E-state index contributed by atoms with van der Waals surface area (Å²) in [6, 6.07) is 3.79. The Kier molecular flexibility index (Phi) is 4.57. The fourth-order valence-electron chi connectivity index (χ4n) is 2.02. The van der Waals surface area contributed by atoms with Crippen LogP contribution < -0.4 is 11.1 Å². The fourth-order valence-corrected chi connectivity index (χ4v) is 3.06. The number of pyridine rings is 1. The molecule has 4 N–H and O–H groups in total. The van der Waals surface area contributed by atoms with Crippen molar-refractivity contribution in [2.45, 2.75) is 32.7 Å². The molecule has 1 unspecified atom stereocenters. The molecule has 0 aliphatic rings. The number of nitrogens with one attached hydrogen (secondary N) is 1. The molecule has 6 heteroatoms. The third-order valence-corrected chi connectivity index (χ3v) is 4.23. The molecule has 0 spiro atoms. The van der Waals surface area contributed by atoms with E-state index >= 15 is 0 Å². The summed E-state index contributed by atoms with van der Waals surface area (Å²) in [5.41, 5.74) is 7.43. The van der Waals surface area contributed by atoms with E-state index < -0.39 is 0 Å². The first kappa shape index (κ1) is 14.7. The number of anilines is 1. The van der Waals surface area contributed by atoms with Gasteiger partial charge in [0.1, 0.15) is 9.71 Å². The van der Waals surface area contributed by atoms with Crippen LogP contribution >= 0.6 is 11.3 Å². The zero-order valence-corrected chi connectivity index (χ0v) is 12.5. The van der Waals surface area contributed by atoms with Crippen molar-refractivity contribution in [2.24, 2.45) is 0 Å². The lowest BCUT2D eigenvalue weighted by Gasteiger charge is -2.12. The molecular formula is C14H19N3O2S. The maximum Gasteiger partial charge on any atom is 0.263 e. The lowest BCUT2D eigenvalue weighted by Crippen LogP contribution is -2.32. The molecule has 0 saturated heterocycles. The van der Waals surface area contributed by atoms with Gasteiger partial charge in [0, 0.05) is 23.7 Å². The Morgan fingerprint density at radius 2 is 2.30 bits per heavy atom. The van der Waals surface area contributed by atoms with Gasteiger partial charge < -0.3 is 16.2 Å². The second kappa shape index (κ2) is 6.19. The summed E-state index contributed by atoms with van der Waals surface area (Å²) >= 11 is 1.31. The molecule has 0 aromatic carbocycles. The smallest absolute Gasteiger partial charge is 0.263 e. The van der Waals surface area contributed by atoms with E-state index in [-0.39, 0.29) is 18.6 Å². The Labute approximate surface area is 121 Å². The maximum atomic E-state index is 12.2. The Hall–Kier alpha value is -1.66. The number of amides is 1. The summed E-state index contributed by atoms with van der Waals surface area (Å²) in [4.78, 5) is 17.9. The minimum absolute atomic E-state index is 0.00829. The number of carbonyl (C=O) groups excluding carboxylic acids is 1. The molecular weight excluding hydrogens is 274 g/mol. The molecule has 2 aromatic heterocycles. The topological polar surface area (TPSA) is 88.2 Å². The highest BCUT2D eigenvalue weighted by molar-refractivity contribution is 7.21. The number of aromatic nitrogens is 1.